The lowest BCUT2D eigenvalue weighted by atomic mass is 10.2. The smallest absolute Gasteiger partial charge is 0.300 e. The second kappa shape index (κ2) is 7.28. The van der Waals surface area contributed by atoms with E-state index in [0.29, 0.717) is 19.2 Å². The molecule has 1 rings (SSSR count). The molecule has 1 atom stereocenters. The molecule has 6 nitrogen and oxygen atoms in total. The molecule has 0 spiro atoms. The third-order valence-corrected chi connectivity index (χ3v) is 3.19. The Morgan fingerprint density at radius 2 is 2.32 bits per heavy atom. The van der Waals surface area contributed by atoms with Crippen LogP contribution in [0.5, 0.6) is 0 Å². The summed E-state index contributed by atoms with van der Waals surface area (Å²) in [5.74, 6) is 5.66. The molecule has 0 radical (unpaired) electrons. The summed E-state index contributed by atoms with van der Waals surface area (Å²) < 4.78 is 10.6. The van der Waals surface area contributed by atoms with Crippen LogP contribution in [0.15, 0.2) is 10.5 Å². The highest BCUT2D eigenvalue weighted by Crippen LogP contribution is 2.18. The Bertz CT molecular complexity index is 417. The number of carbonyl (C=O) groups excluding carboxylic acids is 1. The largest absolute Gasteiger partial charge is 0.456 e. The summed E-state index contributed by atoms with van der Waals surface area (Å²) in [6, 6.07) is 2.04. The monoisotopic (exact) mass is 269 g/mol. The van der Waals surface area contributed by atoms with Crippen molar-refractivity contribution in [1.29, 1.82) is 0 Å². The number of methoxy groups -OCH3 is 1. The van der Waals surface area contributed by atoms with Gasteiger partial charge in [-0.15, -0.1) is 0 Å². The molecule has 1 aromatic heterocycles. The maximum Gasteiger partial charge on any atom is 0.300 e. The van der Waals surface area contributed by atoms with E-state index >= 15 is 0 Å². The predicted octanol–water partition coefficient (Wildman–Crippen LogP) is 1.05. The fourth-order valence-electron chi connectivity index (χ4n) is 2.00. The highest BCUT2D eigenvalue weighted by molar-refractivity contribution is 5.91. The molecule has 0 bridgehead atoms. The van der Waals surface area contributed by atoms with Crippen LogP contribution in [-0.4, -0.2) is 37.1 Å². The molecule has 0 fully saturated rings. The summed E-state index contributed by atoms with van der Waals surface area (Å²) in [7, 11) is 1.69. The molecule has 19 heavy (non-hydrogen) atoms. The second-order valence-corrected chi connectivity index (χ2v) is 4.53. The van der Waals surface area contributed by atoms with E-state index in [0.717, 1.165) is 17.9 Å². The first kappa shape index (κ1) is 15.7. The number of nitrogen functional groups attached to an aromatic ring is 1. The molecule has 1 unspecified atom stereocenters. The number of ether oxygens (including phenoxy) is 1. The van der Waals surface area contributed by atoms with E-state index in [-0.39, 0.29) is 5.76 Å². The van der Waals surface area contributed by atoms with Crippen LogP contribution in [0.3, 0.4) is 0 Å². The Hall–Kier alpha value is -1.37. The zero-order valence-corrected chi connectivity index (χ0v) is 12.0. The fraction of sp³-hybridized carbons (Fsp3) is 0.615. The first-order chi connectivity index (χ1) is 9.03. The van der Waals surface area contributed by atoms with E-state index in [1.807, 2.05) is 6.92 Å². The van der Waals surface area contributed by atoms with Crippen LogP contribution < -0.4 is 11.3 Å². The number of nitrogens with one attached hydrogen (secondary N) is 1. The molecule has 0 aliphatic rings. The molecule has 0 aromatic carbocycles. The van der Waals surface area contributed by atoms with Gasteiger partial charge in [-0.2, -0.15) is 0 Å². The first-order valence-corrected chi connectivity index (χ1v) is 6.36. The molecular formula is C13H23N3O3. The van der Waals surface area contributed by atoms with E-state index in [4.69, 9.17) is 15.0 Å². The minimum atomic E-state index is -0.415. The average molecular weight is 269 g/mol. The number of furan rings is 1. The maximum atomic E-state index is 11.4. The Balaban J connectivity index is 2.80. The molecule has 3 N–H and O–H groups in total. The number of likely N-dealkylation sites (N-methyl/N-ethyl adjacent to an activating group) is 1. The van der Waals surface area contributed by atoms with E-state index < -0.39 is 5.91 Å². The topological polar surface area (TPSA) is 80.7 Å². The molecular weight excluding hydrogens is 246 g/mol. The number of nitrogens with two attached hydrogens (primary N) is 1. The summed E-state index contributed by atoms with van der Waals surface area (Å²) in [5, 5.41) is 0. The minimum Gasteiger partial charge on any atom is -0.456 e. The predicted molar refractivity (Wildman–Crippen MR) is 72.5 cm³/mol. The molecule has 108 valence electrons. The Morgan fingerprint density at radius 1 is 1.63 bits per heavy atom. The van der Waals surface area contributed by atoms with Gasteiger partial charge in [0.2, 0.25) is 0 Å². The van der Waals surface area contributed by atoms with Crippen molar-refractivity contribution in [3.05, 3.63) is 23.2 Å². The van der Waals surface area contributed by atoms with Crippen LogP contribution in [0, 0.1) is 6.92 Å². The van der Waals surface area contributed by atoms with Gasteiger partial charge in [0.25, 0.3) is 0 Å². The van der Waals surface area contributed by atoms with Gasteiger partial charge in [-0.3, -0.25) is 15.1 Å². The summed E-state index contributed by atoms with van der Waals surface area (Å²) >= 11 is 0. The van der Waals surface area contributed by atoms with Gasteiger partial charge in [-0.25, -0.2) is 5.84 Å². The van der Waals surface area contributed by atoms with Crippen molar-refractivity contribution in [1.82, 2.24) is 10.3 Å². The van der Waals surface area contributed by atoms with Crippen LogP contribution in [-0.2, 0) is 11.3 Å². The lowest BCUT2D eigenvalue weighted by Crippen LogP contribution is -2.35. The number of rotatable bonds is 7. The molecule has 0 saturated heterocycles. The third kappa shape index (κ3) is 4.05. The highest BCUT2D eigenvalue weighted by atomic mass is 16.5. The summed E-state index contributed by atoms with van der Waals surface area (Å²) in [6.45, 7) is 8.32. The average Bonchev–Trinajstić information content (AvgIpc) is 2.76. The quantitative estimate of drug-likeness (QED) is 0.439. The van der Waals surface area contributed by atoms with Gasteiger partial charge >= 0.3 is 5.91 Å². The van der Waals surface area contributed by atoms with Crippen LogP contribution in [0.25, 0.3) is 0 Å². The van der Waals surface area contributed by atoms with Gasteiger partial charge in [0.1, 0.15) is 5.76 Å². The van der Waals surface area contributed by atoms with Crippen LogP contribution in [0.2, 0.25) is 0 Å². The third-order valence-electron chi connectivity index (χ3n) is 3.19. The molecule has 6 heteroatoms. The van der Waals surface area contributed by atoms with Gasteiger partial charge in [-0.05, 0) is 26.5 Å². The Kier molecular flexibility index (Phi) is 6.01. The molecule has 0 aliphatic carbocycles. The van der Waals surface area contributed by atoms with Gasteiger partial charge in [-0.1, -0.05) is 6.92 Å². The highest BCUT2D eigenvalue weighted by Gasteiger charge is 2.18. The lowest BCUT2D eigenvalue weighted by Gasteiger charge is -2.26. The van der Waals surface area contributed by atoms with E-state index in [1.54, 1.807) is 13.2 Å². The van der Waals surface area contributed by atoms with E-state index in [2.05, 4.69) is 24.2 Å². The maximum absolute atomic E-state index is 11.4. The Labute approximate surface area is 113 Å². The summed E-state index contributed by atoms with van der Waals surface area (Å²) in [6.07, 6.45) is 0. The van der Waals surface area contributed by atoms with Crippen molar-refractivity contribution in [3.8, 4) is 0 Å². The van der Waals surface area contributed by atoms with E-state index in [1.165, 1.54) is 0 Å². The molecule has 1 aromatic rings. The van der Waals surface area contributed by atoms with Gasteiger partial charge in [0.15, 0.2) is 5.76 Å². The van der Waals surface area contributed by atoms with Crippen molar-refractivity contribution < 1.29 is 13.9 Å². The van der Waals surface area contributed by atoms with Crippen molar-refractivity contribution in [2.45, 2.75) is 33.4 Å². The fourth-order valence-corrected chi connectivity index (χ4v) is 2.00. The van der Waals surface area contributed by atoms with Gasteiger partial charge in [0.05, 0.1) is 6.61 Å². The number of amides is 1. The number of hydrogen-bond acceptors (Lipinski definition) is 5. The molecule has 1 heterocycles. The van der Waals surface area contributed by atoms with Crippen molar-refractivity contribution in [3.63, 3.8) is 0 Å². The molecule has 0 saturated carbocycles. The lowest BCUT2D eigenvalue weighted by molar-refractivity contribution is 0.0924. The zero-order chi connectivity index (χ0) is 14.4. The number of hydrogen-bond donors (Lipinski definition) is 2. The zero-order valence-electron chi connectivity index (χ0n) is 12.0. The number of hydrazine groups is 1. The number of carbonyl (C=O) groups is 1. The first-order valence-electron chi connectivity index (χ1n) is 6.36. The van der Waals surface area contributed by atoms with Gasteiger partial charge < -0.3 is 9.15 Å². The van der Waals surface area contributed by atoms with Crippen molar-refractivity contribution in [2.24, 2.45) is 5.84 Å². The minimum absolute atomic E-state index is 0.241. The van der Waals surface area contributed by atoms with Crippen molar-refractivity contribution >= 4 is 5.91 Å². The summed E-state index contributed by atoms with van der Waals surface area (Å²) in [4.78, 5) is 13.7. The van der Waals surface area contributed by atoms with Crippen LogP contribution in [0.4, 0.5) is 0 Å². The number of nitrogens with zero attached hydrogens (tertiary/aromatic N) is 1. The second-order valence-electron chi connectivity index (χ2n) is 4.53. The van der Waals surface area contributed by atoms with Crippen LogP contribution >= 0.6 is 0 Å². The normalized spacial score (nSPS) is 12.7. The van der Waals surface area contributed by atoms with E-state index in [9.17, 15) is 4.79 Å². The SMILES string of the molecule is CCN(Cc1cc(C(=O)NN)oc1C)C(C)COC. The number of aryl methyl sites for hydroxylation is 1. The van der Waals surface area contributed by atoms with Crippen LogP contribution in [0.1, 0.15) is 35.7 Å². The Morgan fingerprint density at radius 3 is 2.84 bits per heavy atom. The summed E-state index contributed by atoms with van der Waals surface area (Å²) in [5.41, 5.74) is 3.06. The molecule has 0 aliphatic heterocycles. The standard InChI is InChI=1S/C13H23N3O3/c1-5-16(9(2)8-18-4)7-11-6-12(13(17)15-14)19-10(11)3/h6,9H,5,7-8,14H2,1-4H3,(H,15,17). The molecule has 1 amide bonds. The van der Waals surface area contributed by atoms with Crippen molar-refractivity contribution in [2.75, 3.05) is 20.3 Å². The van der Waals surface area contributed by atoms with Gasteiger partial charge in [0, 0.05) is 25.3 Å².